The van der Waals surface area contributed by atoms with Gasteiger partial charge in [0.05, 0.1) is 0 Å². The van der Waals surface area contributed by atoms with E-state index >= 15 is 0 Å². The highest BCUT2D eigenvalue weighted by Gasteiger charge is 2.04. The van der Waals surface area contributed by atoms with Crippen LogP contribution in [0.5, 0.6) is 0 Å². The minimum atomic E-state index is 0.198. The van der Waals surface area contributed by atoms with Crippen molar-refractivity contribution in [3.8, 4) is 0 Å². The Kier molecular flexibility index (Phi) is 3.54. The molecule has 5 heteroatoms. The molecular formula is C12H12ClN3S. The normalized spacial score (nSPS) is 10.5. The summed E-state index contributed by atoms with van der Waals surface area (Å²) < 4.78 is 0. The van der Waals surface area contributed by atoms with Crippen molar-refractivity contribution in [2.45, 2.75) is 23.8 Å². The van der Waals surface area contributed by atoms with Gasteiger partial charge in [0.15, 0.2) is 0 Å². The van der Waals surface area contributed by atoms with E-state index in [1.54, 1.807) is 6.07 Å². The third kappa shape index (κ3) is 3.11. The van der Waals surface area contributed by atoms with Crippen molar-refractivity contribution < 1.29 is 0 Å². The van der Waals surface area contributed by atoms with E-state index in [-0.39, 0.29) is 5.95 Å². The van der Waals surface area contributed by atoms with E-state index in [1.165, 1.54) is 22.9 Å². The first-order valence-corrected chi connectivity index (χ1v) is 6.29. The van der Waals surface area contributed by atoms with E-state index in [9.17, 15) is 0 Å². The molecule has 0 radical (unpaired) electrons. The highest BCUT2D eigenvalue weighted by molar-refractivity contribution is 7.99. The Labute approximate surface area is 109 Å². The first-order valence-electron chi connectivity index (χ1n) is 5.10. The molecule has 0 spiro atoms. The van der Waals surface area contributed by atoms with Crippen molar-refractivity contribution in [1.82, 2.24) is 9.97 Å². The third-order valence-electron chi connectivity index (χ3n) is 2.39. The second-order valence-electron chi connectivity index (χ2n) is 3.74. The van der Waals surface area contributed by atoms with Gasteiger partial charge >= 0.3 is 0 Å². The van der Waals surface area contributed by atoms with Crippen LogP contribution in [0.1, 0.15) is 11.1 Å². The minimum absolute atomic E-state index is 0.198. The van der Waals surface area contributed by atoms with E-state index in [4.69, 9.17) is 17.3 Å². The Balaban J connectivity index is 2.28. The summed E-state index contributed by atoms with van der Waals surface area (Å²) in [4.78, 5) is 9.07. The number of aryl methyl sites for hydroxylation is 2. The molecule has 0 fully saturated rings. The van der Waals surface area contributed by atoms with Crippen LogP contribution in [0.3, 0.4) is 0 Å². The number of aromatic nitrogens is 2. The Morgan fingerprint density at radius 3 is 2.53 bits per heavy atom. The van der Waals surface area contributed by atoms with Gasteiger partial charge in [0.25, 0.3) is 0 Å². The highest BCUT2D eigenvalue weighted by atomic mass is 35.5. The Morgan fingerprint density at radius 1 is 1.12 bits per heavy atom. The second kappa shape index (κ2) is 4.94. The van der Waals surface area contributed by atoms with Crippen molar-refractivity contribution in [2.75, 3.05) is 5.73 Å². The summed E-state index contributed by atoms with van der Waals surface area (Å²) >= 11 is 7.35. The molecular weight excluding hydrogens is 254 g/mol. The molecule has 2 aromatic rings. The third-order valence-corrected chi connectivity index (χ3v) is 3.49. The molecule has 0 bridgehead atoms. The standard InChI is InChI=1S/C12H12ClN3S/c1-7-3-4-9(5-8(7)2)17-11-6-10(13)15-12(14)16-11/h3-6H,1-2H3,(H2,14,15,16). The van der Waals surface area contributed by atoms with Crippen LogP contribution in [0.2, 0.25) is 5.15 Å². The van der Waals surface area contributed by atoms with Crippen LogP contribution in [0, 0.1) is 13.8 Å². The maximum Gasteiger partial charge on any atom is 0.222 e. The zero-order valence-corrected chi connectivity index (χ0v) is 11.1. The lowest BCUT2D eigenvalue weighted by Gasteiger charge is -2.05. The van der Waals surface area contributed by atoms with Gasteiger partial charge in [-0.1, -0.05) is 29.4 Å². The number of benzene rings is 1. The number of nitrogens with zero attached hydrogens (tertiary/aromatic N) is 2. The molecule has 1 aromatic carbocycles. The molecule has 0 amide bonds. The second-order valence-corrected chi connectivity index (χ2v) is 5.22. The van der Waals surface area contributed by atoms with Crippen LogP contribution in [-0.4, -0.2) is 9.97 Å². The number of nitrogen functional groups attached to an aromatic ring is 1. The van der Waals surface area contributed by atoms with Gasteiger partial charge in [-0.2, -0.15) is 0 Å². The van der Waals surface area contributed by atoms with E-state index in [0.717, 1.165) is 9.92 Å². The molecule has 0 saturated carbocycles. The van der Waals surface area contributed by atoms with Crippen LogP contribution in [0.15, 0.2) is 34.2 Å². The summed E-state index contributed by atoms with van der Waals surface area (Å²) in [6.45, 7) is 4.17. The molecule has 0 aliphatic rings. The van der Waals surface area contributed by atoms with Gasteiger partial charge in [0.2, 0.25) is 5.95 Å². The molecule has 17 heavy (non-hydrogen) atoms. The number of anilines is 1. The molecule has 0 atom stereocenters. The van der Waals surface area contributed by atoms with Crippen LogP contribution in [-0.2, 0) is 0 Å². The van der Waals surface area contributed by atoms with E-state index in [0.29, 0.717) is 5.15 Å². The number of hydrogen-bond donors (Lipinski definition) is 1. The van der Waals surface area contributed by atoms with Crippen LogP contribution in [0.4, 0.5) is 5.95 Å². The first-order chi connectivity index (χ1) is 8.04. The lowest BCUT2D eigenvalue weighted by molar-refractivity contribution is 1.06. The fraction of sp³-hybridized carbons (Fsp3) is 0.167. The summed E-state index contributed by atoms with van der Waals surface area (Å²) in [7, 11) is 0. The summed E-state index contributed by atoms with van der Waals surface area (Å²) in [6.07, 6.45) is 0. The van der Waals surface area contributed by atoms with E-state index in [2.05, 4.69) is 42.0 Å². The number of hydrogen-bond acceptors (Lipinski definition) is 4. The predicted molar refractivity (Wildman–Crippen MR) is 71.5 cm³/mol. The molecule has 1 heterocycles. The summed E-state index contributed by atoms with van der Waals surface area (Å²) in [5.41, 5.74) is 8.07. The van der Waals surface area contributed by atoms with Gasteiger partial charge in [0.1, 0.15) is 10.2 Å². The average molecular weight is 266 g/mol. The van der Waals surface area contributed by atoms with Crippen molar-refractivity contribution in [3.63, 3.8) is 0 Å². The maximum absolute atomic E-state index is 5.83. The van der Waals surface area contributed by atoms with Gasteiger partial charge in [-0.3, -0.25) is 0 Å². The minimum Gasteiger partial charge on any atom is -0.368 e. The zero-order valence-electron chi connectivity index (χ0n) is 9.57. The summed E-state index contributed by atoms with van der Waals surface area (Å²) in [5.74, 6) is 0.198. The monoisotopic (exact) mass is 265 g/mol. The van der Waals surface area contributed by atoms with Gasteiger partial charge in [-0.15, -0.1) is 0 Å². The largest absolute Gasteiger partial charge is 0.368 e. The maximum atomic E-state index is 5.83. The van der Waals surface area contributed by atoms with Crippen molar-refractivity contribution in [2.24, 2.45) is 0 Å². The Morgan fingerprint density at radius 2 is 1.88 bits per heavy atom. The molecule has 0 unspecified atom stereocenters. The molecule has 1 aromatic heterocycles. The fourth-order valence-electron chi connectivity index (χ4n) is 1.36. The molecule has 0 saturated heterocycles. The predicted octanol–water partition coefficient (Wildman–Crippen LogP) is 3.48. The number of nitrogens with two attached hydrogens (primary N) is 1. The fourth-order valence-corrected chi connectivity index (χ4v) is 2.54. The van der Waals surface area contributed by atoms with Gasteiger partial charge in [-0.05, 0) is 37.1 Å². The van der Waals surface area contributed by atoms with Crippen LogP contribution >= 0.6 is 23.4 Å². The summed E-state index contributed by atoms with van der Waals surface area (Å²) in [6, 6.07) is 7.97. The number of rotatable bonds is 2. The lowest BCUT2D eigenvalue weighted by atomic mass is 10.1. The zero-order chi connectivity index (χ0) is 12.4. The van der Waals surface area contributed by atoms with Crippen molar-refractivity contribution in [1.29, 1.82) is 0 Å². The first kappa shape index (κ1) is 12.2. The molecule has 2 rings (SSSR count). The highest BCUT2D eigenvalue weighted by Crippen LogP contribution is 2.29. The molecule has 88 valence electrons. The van der Waals surface area contributed by atoms with E-state index < -0.39 is 0 Å². The molecule has 2 N–H and O–H groups in total. The quantitative estimate of drug-likeness (QED) is 0.845. The average Bonchev–Trinajstić information content (AvgIpc) is 2.22. The molecule has 3 nitrogen and oxygen atoms in total. The Hall–Kier alpha value is -1.26. The van der Waals surface area contributed by atoms with Crippen LogP contribution < -0.4 is 5.73 Å². The SMILES string of the molecule is Cc1ccc(Sc2cc(Cl)nc(N)n2)cc1C. The van der Waals surface area contributed by atoms with Gasteiger partial charge < -0.3 is 5.73 Å². The van der Waals surface area contributed by atoms with Gasteiger partial charge in [-0.25, -0.2) is 9.97 Å². The van der Waals surface area contributed by atoms with E-state index in [1.807, 2.05) is 0 Å². The topological polar surface area (TPSA) is 51.8 Å². The lowest BCUT2D eigenvalue weighted by Crippen LogP contribution is -1.95. The van der Waals surface area contributed by atoms with Gasteiger partial charge in [0, 0.05) is 11.0 Å². The summed E-state index contributed by atoms with van der Waals surface area (Å²) in [5, 5.41) is 1.12. The smallest absolute Gasteiger partial charge is 0.222 e. The molecule has 0 aliphatic carbocycles. The van der Waals surface area contributed by atoms with Crippen molar-refractivity contribution in [3.05, 3.63) is 40.5 Å². The number of halogens is 1. The Bertz CT molecular complexity index is 537. The van der Waals surface area contributed by atoms with Crippen molar-refractivity contribution >= 4 is 29.3 Å². The van der Waals surface area contributed by atoms with Crippen LogP contribution in [0.25, 0.3) is 0 Å². The molecule has 0 aliphatic heterocycles.